The molecule has 17 heavy (non-hydrogen) atoms. The van der Waals surface area contributed by atoms with Crippen LogP contribution in [0.4, 0.5) is 10.1 Å². The second-order valence-corrected chi connectivity index (χ2v) is 4.38. The van der Waals surface area contributed by atoms with Crippen molar-refractivity contribution >= 4 is 11.6 Å². The van der Waals surface area contributed by atoms with E-state index in [9.17, 15) is 9.18 Å². The van der Waals surface area contributed by atoms with E-state index in [0.29, 0.717) is 5.69 Å². The molecule has 0 aromatic heterocycles. The topological polar surface area (TPSA) is 32.3 Å². The largest absolute Gasteiger partial charge is 0.372 e. The van der Waals surface area contributed by atoms with Gasteiger partial charge in [-0.1, -0.05) is 12.1 Å². The predicted molar refractivity (Wildman–Crippen MR) is 65.3 cm³/mol. The highest BCUT2D eigenvalue weighted by Crippen LogP contribution is 2.15. The van der Waals surface area contributed by atoms with Gasteiger partial charge in [0.15, 0.2) is 0 Å². The number of nitrogens with zero attached hydrogens (tertiary/aromatic N) is 1. The van der Waals surface area contributed by atoms with Crippen LogP contribution in [0.1, 0.15) is 19.8 Å². The first-order chi connectivity index (χ1) is 8.18. The molecule has 92 valence electrons. The van der Waals surface area contributed by atoms with Crippen LogP contribution in [0.15, 0.2) is 24.3 Å². The van der Waals surface area contributed by atoms with E-state index in [4.69, 9.17) is 0 Å². The summed E-state index contributed by atoms with van der Waals surface area (Å²) >= 11 is 0. The van der Waals surface area contributed by atoms with Crippen molar-refractivity contribution in [3.8, 4) is 0 Å². The first kappa shape index (κ1) is 11.9. The number of rotatable bonds is 3. The quantitative estimate of drug-likeness (QED) is 0.873. The van der Waals surface area contributed by atoms with Crippen LogP contribution in [0.5, 0.6) is 0 Å². The number of amides is 1. The summed E-state index contributed by atoms with van der Waals surface area (Å²) in [5.74, 6) is -0.278. The van der Waals surface area contributed by atoms with Crippen molar-refractivity contribution in [2.24, 2.45) is 0 Å². The van der Waals surface area contributed by atoms with Crippen LogP contribution in [0, 0.1) is 5.82 Å². The molecular weight excluding hydrogens is 219 g/mol. The second-order valence-electron chi connectivity index (χ2n) is 4.38. The minimum absolute atomic E-state index is 0.0470. The van der Waals surface area contributed by atoms with Crippen molar-refractivity contribution in [3.05, 3.63) is 30.1 Å². The highest BCUT2D eigenvalue weighted by atomic mass is 19.1. The molecule has 1 aromatic rings. The van der Waals surface area contributed by atoms with Gasteiger partial charge in [0.05, 0.1) is 5.69 Å². The maximum Gasteiger partial charge on any atom is 0.244 e. The van der Waals surface area contributed by atoms with Gasteiger partial charge in [-0.3, -0.25) is 4.79 Å². The molecule has 4 heteroatoms. The summed E-state index contributed by atoms with van der Waals surface area (Å²) in [6, 6.07) is 6.02. The molecule has 1 saturated heterocycles. The van der Waals surface area contributed by atoms with Gasteiger partial charge in [-0.25, -0.2) is 4.39 Å². The summed E-state index contributed by atoms with van der Waals surface area (Å²) in [7, 11) is 0. The number of para-hydroxylation sites is 1. The molecule has 1 unspecified atom stereocenters. The number of likely N-dealkylation sites (tertiary alicyclic amines) is 1. The number of anilines is 1. The van der Waals surface area contributed by atoms with Gasteiger partial charge < -0.3 is 10.2 Å². The molecule has 1 atom stereocenters. The number of hydrogen-bond acceptors (Lipinski definition) is 2. The van der Waals surface area contributed by atoms with Gasteiger partial charge in [0.2, 0.25) is 5.91 Å². The molecule has 0 bridgehead atoms. The lowest BCUT2D eigenvalue weighted by Gasteiger charge is -2.22. The summed E-state index contributed by atoms with van der Waals surface area (Å²) < 4.78 is 13.4. The SMILES string of the molecule is CC(Nc1ccccc1F)C(=O)N1CCCC1. The molecule has 2 rings (SSSR count). The van der Waals surface area contributed by atoms with Crippen LogP contribution in [-0.4, -0.2) is 29.9 Å². The second kappa shape index (κ2) is 5.17. The summed E-state index contributed by atoms with van der Waals surface area (Å²) in [4.78, 5) is 13.8. The van der Waals surface area contributed by atoms with Crippen molar-refractivity contribution in [1.82, 2.24) is 4.90 Å². The van der Waals surface area contributed by atoms with Gasteiger partial charge in [-0.15, -0.1) is 0 Å². The summed E-state index contributed by atoms with van der Waals surface area (Å²) in [6.07, 6.45) is 2.14. The van der Waals surface area contributed by atoms with Crippen LogP contribution >= 0.6 is 0 Å². The number of carbonyl (C=O) groups is 1. The first-order valence-electron chi connectivity index (χ1n) is 5.98. The van der Waals surface area contributed by atoms with Crippen LogP contribution in [0.25, 0.3) is 0 Å². The molecular formula is C13H17FN2O. The Morgan fingerprint density at radius 1 is 1.35 bits per heavy atom. The number of benzene rings is 1. The molecule has 1 aliphatic heterocycles. The molecule has 1 fully saturated rings. The molecule has 1 aromatic carbocycles. The summed E-state index contributed by atoms with van der Waals surface area (Å²) in [5.41, 5.74) is 0.382. The Kier molecular flexibility index (Phi) is 3.61. The summed E-state index contributed by atoms with van der Waals surface area (Å²) in [6.45, 7) is 3.41. The lowest BCUT2D eigenvalue weighted by atomic mass is 10.2. The van der Waals surface area contributed by atoms with E-state index in [1.807, 2.05) is 4.90 Å². The molecule has 1 heterocycles. The van der Waals surface area contributed by atoms with Gasteiger partial charge in [-0.2, -0.15) is 0 Å². The molecule has 1 aliphatic rings. The Bertz CT molecular complexity index is 402. The van der Waals surface area contributed by atoms with Crippen molar-refractivity contribution < 1.29 is 9.18 Å². The maximum atomic E-state index is 13.4. The number of halogens is 1. The van der Waals surface area contributed by atoms with Crippen LogP contribution < -0.4 is 5.32 Å². The highest BCUT2D eigenvalue weighted by molar-refractivity contribution is 5.84. The van der Waals surface area contributed by atoms with E-state index >= 15 is 0 Å². The standard InChI is InChI=1S/C13H17FN2O/c1-10(13(17)16-8-4-5-9-16)15-12-7-3-2-6-11(12)14/h2-3,6-7,10,15H,4-5,8-9H2,1H3. The minimum atomic E-state index is -0.384. The van der Waals surface area contributed by atoms with Gasteiger partial charge in [0.25, 0.3) is 0 Å². The molecule has 0 aliphatic carbocycles. The van der Waals surface area contributed by atoms with E-state index in [0.717, 1.165) is 25.9 Å². The smallest absolute Gasteiger partial charge is 0.244 e. The van der Waals surface area contributed by atoms with E-state index in [-0.39, 0.29) is 17.8 Å². The molecule has 0 saturated carbocycles. The summed E-state index contributed by atoms with van der Waals surface area (Å²) in [5, 5.41) is 2.92. The Morgan fingerprint density at radius 3 is 2.65 bits per heavy atom. The van der Waals surface area contributed by atoms with Crippen LogP contribution in [0.2, 0.25) is 0 Å². The normalized spacial score (nSPS) is 16.9. The Labute approximate surface area is 101 Å². The van der Waals surface area contributed by atoms with Crippen LogP contribution in [-0.2, 0) is 4.79 Å². The fourth-order valence-electron chi connectivity index (χ4n) is 2.08. The average Bonchev–Trinajstić information content (AvgIpc) is 2.84. The van der Waals surface area contributed by atoms with E-state index in [1.165, 1.54) is 6.07 Å². The zero-order valence-electron chi connectivity index (χ0n) is 9.95. The van der Waals surface area contributed by atoms with E-state index in [1.54, 1.807) is 25.1 Å². The van der Waals surface area contributed by atoms with Crippen molar-refractivity contribution in [1.29, 1.82) is 0 Å². The van der Waals surface area contributed by atoms with E-state index < -0.39 is 0 Å². The fourth-order valence-corrected chi connectivity index (χ4v) is 2.08. The van der Waals surface area contributed by atoms with Crippen LogP contribution in [0.3, 0.4) is 0 Å². The monoisotopic (exact) mass is 236 g/mol. The highest BCUT2D eigenvalue weighted by Gasteiger charge is 2.23. The minimum Gasteiger partial charge on any atom is -0.372 e. The van der Waals surface area contributed by atoms with Gasteiger partial charge in [0, 0.05) is 13.1 Å². The predicted octanol–water partition coefficient (Wildman–Crippen LogP) is 2.25. The van der Waals surface area contributed by atoms with Crippen molar-refractivity contribution in [2.75, 3.05) is 18.4 Å². The number of hydrogen-bond donors (Lipinski definition) is 1. The third kappa shape index (κ3) is 2.75. The zero-order chi connectivity index (χ0) is 12.3. The molecule has 0 spiro atoms. The molecule has 1 amide bonds. The number of nitrogens with one attached hydrogen (secondary N) is 1. The van der Waals surface area contributed by atoms with Crippen molar-refractivity contribution in [3.63, 3.8) is 0 Å². The van der Waals surface area contributed by atoms with Gasteiger partial charge in [0.1, 0.15) is 11.9 Å². The Hall–Kier alpha value is -1.58. The molecule has 3 nitrogen and oxygen atoms in total. The zero-order valence-corrected chi connectivity index (χ0v) is 9.95. The number of carbonyl (C=O) groups excluding carboxylic acids is 1. The lowest BCUT2D eigenvalue weighted by molar-refractivity contribution is -0.130. The Morgan fingerprint density at radius 2 is 2.00 bits per heavy atom. The maximum absolute atomic E-state index is 13.4. The molecule has 1 N–H and O–H groups in total. The Balaban J connectivity index is 1.99. The molecule has 0 radical (unpaired) electrons. The lowest BCUT2D eigenvalue weighted by Crippen LogP contribution is -2.39. The fraction of sp³-hybridized carbons (Fsp3) is 0.462. The van der Waals surface area contributed by atoms with Gasteiger partial charge >= 0.3 is 0 Å². The average molecular weight is 236 g/mol. The third-order valence-electron chi connectivity index (χ3n) is 3.03. The van der Waals surface area contributed by atoms with E-state index in [2.05, 4.69) is 5.32 Å². The van der Waals surface area contributed by atoms with Crippen molar-refractivity contribution in [2.45, 2.75) is 25.8 Å². The first-order valence-corrected chi connectivity index (χ1v) is 5.98. The van der Waals surface area contributed by atoms with Gasteiger partial charge in [-0.05, 0) is 31.9 Å². The third-order valence-corrected chi connectivity index (χ3v) is 3.03.